The van der Waals surface area contributed by atoms with E-state index in [1.54, 1.807) is 0 Å². The first-order chi connectivity index (χ1) is 7.15. The molecule has 0 amide bonds. The summed E-state index contributed by atoms with van der Waals surface area (Å²) in [6.07, 6.45) is 4.68. The average molecular weight is 230 g/mol. The first-order valence-corrected chi connectivity index (χ1v) is 7.52. The Bertz CT molecular complexity index is 186. The fraction of sp³-hybridized carbons (Fsp3) is 1.00. The van der Waals surface area contributed by atoms with Crippen molar-refractivity contribution < 1.29 is 0 Å². The predicted molar refractivity (Wildman–Crippen MR) is 70.7 cm³/mol. The van der Waals surface area contributed by atoms with Crippen LogP contribution in [-0.2, 0) is 0 Å². The van der Waals surface area contributed by atoms with Crippen molar-refractivity contribution in [2.75, 3.05) is 31.6 Å². The third-order valence-electron chi connectivity index (χ3n) is 3.67. The Labute approximate surface area is 99.2 Å². The van der Waals surface area contributed by atoms with E-state index in [-0.39, 0.29) is 0 Å². The Morgan fingerprint density at radius 3 is 2.73 bits per heavy atom. The lowest BCUT2D eigenvalue weighted by molar-refractivity contribution is 0.0884. The molecule has 0 saturated carbocycles. The van der Waals surface area contributed by atoms with Crippen molar-refractivity contribution in [1.82, 2.24) is 10.2 Å². The highest BCUT2D eigenvalue weighted by Gasteiger charge is 2.33. The summed E-state index contributed by atoms with van der Waals surface area (Å²) in [5.41, 5.74) is 0.337. The third-order valence-corrected chi connectivity index (χ3v) is 4.26. The zero-order valence-electron chi connectivity index (χ0n) is 10.7. The fourth-order valence-corrected chi connectivity index (χ4v) is 2.65. The predicted octanol–water partition coefficient (Wildman–Crippen LogP) is 2.20. The molecule has 0 aromatic rings. The highest BCUT2D eigenvalue weighted by atomic mass is 32.2. The standard InChI is InChI=1S/C12H26N2S/c1-5-11-9-13-12(3,6-2)10-14(11)7-8-15-4/h11,13H,5-10H2,1-4H3. The molecule has 1 aliphatic rings. The van der Waals surface area contributed by atoms with E-state index in [0.29, 0.717) is 5.54 Å². The summed E-state index contributed by atoms with van der Waals surface area (Å²) >= 11 is 1.95. The van der Waals surface area contributed by atoms with Gasteiger partial charge in [-0.25, -0.2) is 0 Å². The van der Waals surface area contributed by atoms with Crippen molar-refractivity contribution in [3.05, 3.63) is 0 Å². The Morgan fingerprint density at radius 1 is 1.47 bits per heavy atom. The fourth-order valence-electron chi connectivity index (χ4n) is 2.24. The Hall–Kier alpha value is 0.270. The molecule has 1 heterocycles. The van der Waals surface area contributed by atoms with E-state index in [0.717, 1.165) is 12.6 Å². The second-order valence-electron chi connectivity index (χ2n) is 4.82. The summed E-state index contributed by atoms with van der Waals surface area (Å²) < 4.78 is 0. The van der Waals surface area contributed by atoms with Crippen molar-refractivity contribution in [1.29, 1.82) is 0 Å². The van der Waals surface area contributed by atoms with Gasteiger partial charge in [0.1, 0.15) is 0 Å². The highest BCUT2D eigenvalue weighted by molar-refractivity contribution is 7.98. The van der Waals surface area contributed by atoms with Crippen LogP contribution in [0.15, 0.2) is 0 Å². The van der Waals surface area contributed by atoms with Crippen LogP contribution in [0.25, 0.3) is 0 Å². The first kappa shape index (κ1) is 13.3. The van der Waals surface area contributed by atoms with Gasteiger partial charge in [0, 0.05) is 37.0 Å². The number of hydrogen-bond acceptors (Lipinski definition) is 3. The summed E-state index contributed by atoms with van der Waals surface area (Å²) in [5, 5.41) is 3.70. The number of thioether (sulfide) groups is 1. The van der Waals surface area contributed by atoms with Gasteiger partial charge in [0.25, 0.3) is 0 Å². The van der Waals surface area contributed by atoms with Crippen LogP contribution in [0, 0.1) is 0 Å². The summed E-state index contributed by atoms with van der Waals surface area (Å²) in [5.74, 6) is 1.26. The quantitative estimate of drug-likeness (QED) is 0.779. The van der Waals surface area contributed by atoms with Crippen molar-refractivity contribution in [3.63, 3.8) is 0 Å². The monoisotopic (exact) mass is 230 g/mol. The van der Waals surface area contributed by atoms with Gasteiger partial charge in [0.05, 0.1) is 0 Å². The van der Waals surface area contributed by atoms with Crippen LogP contribution in [0.4, 0.5) is 0 Å². The molecule has 0 radical (unpaired) electrons. The minimum atomic E-state index is 0.337. The molecular weight excluding hydrogens is 204 g/mol. The maximum atomic E-state index is 3.70. The molecule has 2 unspecified atom stereocenters. The molecule has 0 aliphatic carbocycles. The topological polar surface area (TPSA) is 15.3 Å². The van der Waals surface area contributed by atoms with E-state index in [4.69, 9.17) is 0 Å². The lowest BCUT2D eigenvalue weighted by atomic mass is 9.93. The molecule has 0 aromatic carbocycles. The SMILES string of the molecule is CCC1CNC(C)(CC)CN1CCSC. The van der Waals surface area contributed by atoms with Crippen molar-refractivity contribution in [3.8, 4) is 0 Å². The number of nitrogens with one attached hydrogen (secondary N) is 1. The molecule has 15 heavy (non-hydrogen) atoms. The highest BCUT2D eigenvalue weighted by Crippen LogP contribution is 2.20. The minimum Gasteiger partial charge on any atom is -0.309 e. The first-order valence-electron chi connectivity index (χ1n) is 6.13. The molecule has 0 bridgehead atoms. The molecule has 2 atom stereocenters. The second-order valence-corrected chi connectivity index (χ2v) is 5.81. The van der Waals surface area contributed by atoms with E-state index in [1.165, 1.54) is 31.7 Å². The van der Waals surface area contributed by atoms with E-state index in [1.807, 2.05) is 11.8 Å². The number of rotatable bonds is 5. The molecule has 3 heteroatoms. The van der Waals surface area contributed by atoms with Crippen LogP contribution < -0.4 is 5.32 Å². The molecule has 0 spiro atoms. The zero-order chi connectivity index (χ0) is 11.3. The largest absolute Gasteiger partial charge is 0.309 e. The molecular formula is C12H26N2S. The maximum Gasteiger partial charge on any atom is 0.0278 e. The zero-order valence-corrected chi connectivity index (χ0v) is 11.5. The number of piperazine rings is 1. The Morgan fingerprint density at radius 2 is 2.20 bits per heavy atom. The van der Waals surface area contributed by atoms with Gasteiger partial charge in [-0.2, -0.15) is 11.8 Å². The van der Waals surface area contributed by atoms with Gasteiger partial charge >= 0.3 is 0 Å². The molecule has 1 N–H and O–H groups in total. The summed E-state index contributed by atoms with van der Waals surface area (Å²) in [4.78, 5) is 2.68. The van der Waals surface area contributed by atoms with E-state index in [2.05, 4.69) is 37.2 Å². The lowest BCUT2D eigenvalue weighted by Gasteiger charge is -2.46. The number of nitrogens with zero attached hydrogens (tertiary/aromatic N) is 1. The van der Waals surface area contributed by atoms with Gasteiger partial charge in [-0.1, -0.05) is 13.8 Å². The van der Waals surface area contributed by atoms with Crippen LogP contribution >= 0.6 is 11.8 Å². The van der Waals surface area contributed by atoms with Gasteiger partial charge in [0.15, 0.2) is 0 Å². The van der Waals surface area contributed by atoms with E-state index < -0.39 is 0 Å². The van der Waals surface area contributed by atoms with Gasteiger partial charge in [-0.3, -0.25) is 4.90 Å². The minimum absolute atomic E-state index is 0.337. The third kappa shape index (κ3) is 3.65. The molecule has 1 aliphatic heterocycles. The Balaban J connectivity index is 2.52. The molecule has 2 nitrogen and oxygen atoms in total. The van der Waals surface area contributed by atoms with Gasteiger partial charge in [-0.05, 0) is 26.0 Å². The lowest BCUT2D eigenvalue weighted by Crippen LogP contribution is -2.62. The Kier molecular flexibility index (Phi) is 5.44. The van der Waals surface area contributed by atoms with E-state index >= 15 is 0 Å². The summed E-state index contributed by atoms with van der Waals surface area (Å²) in [7, 11) is 0. The molecule has 1 saturated heterocycles. The summed E-state index contributed by atoms with van der Waals surface area (Å²) in [6.45, 7) is 10.6. The smallest absolute Gasteiger partial charge is 0.0278 e. The van der Waals surface area contributed by atoms with Crippen LogP contribution in [-0.4, -0.2) is 48.1 Å². The van der Waals surface area contributed by atoms with Crippen molar-refractivity contribution in [2.45, 2.75) is 45.2 Å². The van der Waals surface area contributed by atoms with Crippen LogP contribution in [0.2, 0.25) is 0 Å². The molecule has 1 rings (SSSR count). The normalized spacial score (nSPS) is 33.2. The summed E-state index contributed by atoms with van der Waals surface area (Å²) in [6, 6.07) is 0.747. The van der Waals surface area contributed by atoms with E-state index in [9.17, 15) is 0 Å². The van der Waals surface area contributed by atoms with Crippen LogP contribution in [0.3, 0.4) is 0 Å². The molecule has 0 aromatic heterocycles. The van der Waals surface area contributed by atoms with Crippen molar-refractivity contribution in [2.24, 2.45) is 0 Å². The molecule has 1 fully saturated rings. The maximum absolute atomic E-state index is 3.70. The second kappa shape index (κ2) is 6.12. The van der Waals surface area contributed by atoms with Crippen LogP contribution in [0.5, 0.6) is 0 Å². The van der Waals surface area contributed by atoms with Crippen molar-refractivity contribution >= 4 is 11.8 Å². The van der Waals surface area contributed by atoms with Gasteiger partial charge in [0.2, 0.25) is 0 Å². The van der Waals surface area contributed by atoms with Crippen LogP contribution in [0.1, 0.15) is 33.6 Å². The molecule has 90 valence electrons. The van der Waals surface area contributed by atoms with Gasteiger partial charge in [-0.15, -0.1) is 0 Å². The van der Waals surface area contributed by atoms with Gasteiger partial charge < -0.3 is 5.32 Å². The number of hydrogen-bond donors (Lipinski definition) is 1. The average Bonchev–Trinajstić information content (AvgIpc) is 2.26.